The summed E-state index contributed by atoms with van der Waals surface area (Å²) in [4.78, 5) is 21.6. The summed E-state index contributed by atoms with van der Waals surface area (Å²) in [7, 11) is 0. The van der Waals surface area contributed by atoms with E-state index in [1.165, 1.54) is 35.6 Å². The first-order valence-electron chi connectivity index (χ1n) is 5.52. The fourth-order valence-corrected chi connectivity index (χ4v) is 1.95. The second-order valence-electron chi connectivity index (χ2n) is 3.72. The minimum atomic E-state index is -0.531. The molecule has 0 saturated carbocycles. The molecule has 1 N–H and O–H groups in total. The largest absolute Gasteiger partial charge is 0.484 e. The van der Waals surface area contributed by atoms with Crippen molar-refractivity contribution in [2.24, 2.45) is 0 Å². The number of hydrogen-bond donors (Lipinski definition) is 1. The molecule has 0 spiro atoms. The number of hydrogen-bond acceptors (Lipinski definition) is 7. The number of aromatic nitrogens is 2. The van der Waals surface area contributed by atoms with Gasteiger partial charge in [-0.15, -0.1) is 10.2 Å². The molecule has 1 aromatic carbocycles. The molecule has 9 heteroatoms. The van der Waals surface area contributed by atoms with Crippen LogP contribution in [0.15, 0.2) is 24.3 Å². The number of nitro groups is 1. The zero-order valence-corrected chi connectivity index (χ0v) is 11.2. The number of nitrogens with zero attached hydrogens (tertiary/aromatic N) is 3. The Balaban J connectivity index is 1.90. The second kappa shape index (κ2) is 6.06. The molecule has 20 heavy (non-hydrogen) atoms. The van der Waals surface area contributed by atoms with E-state index in [0.29, 0.717) is 5.13 Å². The van der Waals surface area contributed by atoms with Crippen molar-refractivity contribution >= 4 is 28.1 Å². The van der Waals surface area contributed by atoms with Crippen LogP contribution in [0, 0.1) is 17.0 Å². The minimum Gasteiger partial charge on any atom is -0.484 e. The van der Waals surface area contributed by atoms with Gasteiger partial charge < -0.3 is 4.74 Å². The zero-order valence-electron chi connectivity index (χ0n) is 10.4. The number of carbonyl (C=O) groups is 1. The molecule has 2 rings (SSSR count). The molecule has 1 amide bonds. The first kappa shape index (κ1) is 13.9. The van der Waals surface area contributed by atoms with Crippen molar-refractivity contribution in [1.29, 1.82) is 0 Å². The van der Waals surface area contributed by atoms with Gasteiger partial charge in [0.2, 0.25) is 5.13 Å². The number of nitrogens with one attached hydrogen (secondary N) is 1. The summed E-state index contributed by atoms with van der Waals surface area (Å²) < 4.78 is 5.18. The molecule has 0 atom stereocenters. The molecule has 2 aromatic rings. The summed E-state index contributed by atoms with van der Waals surface area (Å²) in [6.07, 6.45) is 0. The van der Waals surface area contributed by atoms with Crippen LogP contribution in [0.5, 0.6) is 5.75 Å². The highest BCUT2D eigenvalue weighted by Crippen LogP contribution is 2.19. The number of ether oxygens (including phenoxy) is 1. The molecule has 0 bridgehead atoms. The predicted molar refractivity (Wildman–Crippen MR) is 71.9 cm³/mol. The first-order chi connectivity index (χ1) is 9.54. The summed E-state index contributed by atoms with van der Waals surface area (Å²) >= 11 is 1.25. The Morgan fingerprint density at radius 2 is 2.30 bits per heavy atom. The Morgan fingerprint density at radius 3 is 2.95 bits per heavy atom. The van der Waals surface area contributed by atoms with Gasteiger partial charge in [0.15, 0.2) is 6.61 Å². The molecule has 0 fully saturated rings. The van der Waals surface area contributed by atoms with E-state index in [1.54, 1.807) is 6.92 Å². The number of amides is 1. The van der Waals surface area contributed by atoms with Crippen molar-refractivity contribution in [3.63, 3.8) is 0 Å². The summed E-state index contributed by atoms with van der Waals surface area (Å²) in [5.41, 5.74) is -0.0948. The highest BCUT2D eigenvalue weighted by atomic mass is 32.1. The van der Waals surface area contributed by atoms with Crippen molar-refractivity contribution < 1.29 is 14.5 Å². The molecule has 1 heterocycles. The van der Waals surface area contributed by atoms with E-state index in [1.807, 2.05) is 0 Å². The Bertz CT molecular complexity index is 643. The topological polar surface area (TPSA) is 107 Å². The number of nitro benzene ring substituents is 1. The van der Waals surface area contributed by atoms with Crippen molar-refractivity contribution in [2.45, 2.75) is 6.92 Å². The van der Waals surface area contributed by atoms with Gasteiger partial charge in [-0.3, -0.25) is 20.2 Å². The lowest BCUT2D eigenvalue weighted by molar-refractivity contribution is -0.384. The molecular weight excluding hydrogens is 284 g/mol. The van der Waals surface area contributed by atoms with E-state index in [0.717, 1.165) is 5.01 Å². The van der Waals surface area contributed by atoms with Gasteiger partial charge in [-0.25, -0.2) is 0 Å². The Hall–Kier alpha value is -2.55. The highest BCUT2D eigenvalue weighted by molar-refractivity contribution is 7.15. The van der Waals surface area contributed by atoms with Crippen LogP contribution in [0.4, 0.5) is 10.8 Å². The van der Waals surface area contributed by atoms with E-state index in [9.17, 15) is 14.9 Å². The fourth-order valence-electron chi connectivity index (χ4n) is 1.34. The monoisotopic (exact) mass is 294 g/mol. The molecule has 104 valence electrons. The van der Waals surface area contributed by atoms with Crippen molar-refractivity contribution in [2.75, 3.05) is 11.9 Å². The van der Waals surface area contributed by atoms with Crippen molar-refractivity contribution in [3.05, 3.63) is 39.4 Å². The van der Waals surface area contributed by atoms with Crippen molar-refractivity contribution in [3.8, 4) is 5.75 Å². The van der Waals surface area contributed by atoms with Gasteiger partial charge in [-0.1, -0.05) is 17.4 Å². The molecule has 8 nitrogen and oxygen atoms in total. The lowest BCUT2D eigenvalue weighted by atomic mass is 10.3. The lowest BCUT2D eigenvalue weighted by Gasteiger charge is -2.05. The third-order valence-corrected chi connectivity index (χ3v) is 2.92. The zero-order chi connectivity index (χ0) is 14.5. The molecule has 0 aliphatic rings. The lowest BCUT2D eigenvalue weighted by Crippen LogP contribution is -2.20. The molecular formula is C11H10N4O4S. The van der Waals surface area contributed by atoms with Gasteiger partial charge in [0.1, 0.15) is 10.8 Å². The van der Waals surface area contributed by atoms with E-state index in [4.69, 9.17) is 4.74 Å². The average Bonchev–Trinajstić information content (AvgIpc) is 2.82. The first-order valence-corrected chi connectivity index (χ1v) is 6.33. The van der Waals surface area contributed by atoms with Gasteiger partial charge >= 0.3 is 0 Å². The summed E-state index contributed by atoms with van der Waals surface area (Å²) in [6.45, 7) is 1.51. The van der Waals surface area contributed by atoms with Gasteiger partial charge in [-0.05, 0) is 13.0 Å². The molecule has 0 radical (unpaired) electrons. The number of carbonyl (C=O) groups excluding carboxylic acids is 1. The average molecular weight is 294 g/mol. The summed E-state index contributed by atoms with van der Waals surface area (Å²) in [5, 5.41) is 21.7. The van der Waals surface area contributed by atoms with Gasteiger partial charge in [0.25, 0.3) is 11.6 Å². The Labute approximate surface area is 117 Å². The number of anilines is 1. The maximum absolute atomic E-state index is 11.6. The van der Waals surface area contributed by atoms with Gasteiger partial charge in [0.05, 0.1) is 11.0 Å². The SMILES string of the molecule is Cc1nnc(NC(=O)COc2cccc([N+](=O)[O-])c2)s1. The van der Waals surface area contributed by atoms with Gasteiger partial charge in [-0.2, -0.15) is 0 Å². The van der Waals surface area contributed by atoms with Crippen molar-refractivity contribution in [1.82, 2.24) is 10.2 Å². The van der Waals surface area contributed by atoms with Crippen LogP contribution in [0.1, 0.15) is 5.01 Å². The fraction of sp³-hybridized carbons (Fsp3) is 0.182. The highest BCUT2D eigenvalue weighted by Gasteiger charge is 2.09. The van der Waals surface area contributed by atoms with Crippen LogP contribution in [0.25, 0.3) is 0 Å². The molecule has 1 aromatic heterocycles. The van der Waals surface area contributed by atoms with Crippen LogP contribution in [-0.4, -0.2) is 27.6 Å². The second-order valence-corrected chi connectivity index (χ2v) is 4.90. The Kier molecular flexibility index (Phi) is 4.20. The number of aryl methyl sites for hydroxylation is 1. The summed E-state index contributed by atoms with van der Waals surface area (Å²) in [6, 6.07) is 5.62. The minimum absolute atomic E-state index is 0.0948. The van der Waals surface area contributed by atoms with Crippen LogP contribution < -0.4 is 10.1 Å². The van der Waals surface area contributed by atoms with Gasteiger partial charge in [0, 0.05) is 6.07 Å². The van der Waals surface area contributed by atoms with E-state index in [-0.39, 0.29) is 18.0 Å². The number of rotatable bonds is 5. The Morgan fingerprint density at radius 1 is 1.50 bits per heavy atom. The molecule has 0 aliphatic carbocycles. The smallest absolute Gasteiger partial charge is 0.273 e. The normalized spacial score (nSPS) is 10.1. The molecule has 0 aliphatic heterocycles. The number of benzene rings is 1. The summed E-state index contributed by atoms with van der Waals surface area (Å²) in [5.74, 6) is -0.157. The van der Waals surface area contributed by atoms with E-state index in [2.05, 4.69) is 15.5 Å². The molecule has 0 unspecified atom stereocenters. The maximum Gasteiger partial charge on any atom is 0.273 e. The van der Waals surface area contributed by atoms with Crippen LogP contribution in [0.3, 0.4) is 0 Å². The predicted octanol–water partition coefficient (Wildman–Crippen LogP) is 1.77. The quantitative estimate of drug-likeness (QED) is 0.665. The standard InChI is InChI=1S/C11H10N4O4S/c1-7-13-14-11(20-7)12-10(16)6-19-9-4-2-3-8(5-9)15(17)18/h2-5H,6H2,1H3,(H,12,14,16). The van der Waals surface area contributed by atoms with Crippen LogP contribution in [0.2, 0.25) is 0 Å². The maximum atomic E-state index is 11.6. The number of non-ortho nitro benzene ring substituents is 1. The van der Waals surface area contributed by atoms with Crippen LogP contribution >= 0.6 is 11.3 Å². The third kappa shape index (κ3) is 3.72. The third-order valence-electron chi connectivity index (χ3n) is 2.17. The van der Waals surface area contributed by atoms with E-state index < -0.39 is 10.8 Å². The van der Waals surface area contributed by atoms with Crippen LogP contribution in [-0.2, 0) is 4.79 Å². The van der Waals surface area contributed by atoms with E-state index >= 15 is 0 Å². The molecule has 0 saturated heterocycles.